The number of nitrogens with one attached hydrogen (secondary N) is 1. The fourth-order valence-corrected chi connectivity index (χ4v) is 3.95. The third-order valence-electron chi connectivity index (χ3n) is 5.08. The summed E-state index contributed by atoms with van der Waals surface area (Å²) in [6.07, 6.45) is -2.10. The van der Waals surface area contributed by atoms with Gasteiger partial charge in [-0.25, -0.2) is 9.97 Å². The van der Waals surface area contributed by atoms with Crippen molar-refractivity contribution in [3.05, 3.63) is 18.1 Å². The summed E-state index contributed by atoms with van der Waals surface area (Å²) in [6.45, 7) is 2.72. The van der Waals surface area contributed by atoms with E-state index in [1.807, 2.05) is 4.90 Å². The smallest absolute Gasteiger partial charge is 0.379 e. The van der Waals surface area contributed by atoms with Crippen molar-refractivity contribution in [3.8, 4) is 0 Å². The normalized spacial score (nSPS) is 29.4. The summed E-state index contributed by atoms with van der Waals surface area (Å²) in [5.74, 6) is 0.777. The van der Waals surface area contributed by atoms with Gasteiger partial charge in [0.05, 0.1) is 12.1 Å². The number of alkyl halides is 3. The molecule has 0 aromatic carbocycles. The van der Waals surface area contributed by atoms with Gasteiger partial charge in [-0.2, -0.15) is 13.2 Å². The van der Waals surface area contributed by atoms with Crippen molar-refractivity contribution in [2.24, 2.45) is 11.8 Å². The van der Waals surface area contributed by atoms with E-state index in [2.05, 4.69) is 15.3 Å². The van der Waals surface area contributed by atoms with Gasteiger partial charge in [-0.3, -0.25) is 4.79 Å². The first-order valence-electron chi connectivity index (χ1n) is 8.22. The molecule has 0 radical (unpaired) electrons. The number of methoxy groups -OCH3 is 1. The van der Waals surface area contributed by atoms with Crippen LogP contribution in [0.4, 0.5) is 19.0 Å². The van der Waals surface area contributed by atoms with Crippen molar-refractivity contribution in [2.45, 2.75) is 38.1 Å². The number of aromatic nitrogens is 2. The molecule has 1 aliphatic carbocycles. The maximum absolute atomic E-state index is 12.9. The molecule has 1 aromatic heterocycles. The van der Waals surface area contributed by atoms with Crippen LogP contribution in [0.25, 0.3) is 0 Å². The summed E-state index contributed by atoms with van der Waals surface area (Å²) in [5.41, 5.74) is -0.932. The number of rotatable bonds is 3. The molecule has 25 heavy (non-hydrogen) atoms. The minimum atomic E-state index is -4.48. The molecule has 1 aromatic rings. The van der Waals surface area contributed by atoms with Crippen LogP contribution in [-0.4, -0.2) is 48.2 Å². The van der Waals surface area contributed by atoms with Crippen molar-refractivity contribution in [1.29, 1.82) is 0 Å². The number of fused-ring (bicyclic) bond motifs is 1. The molecule has 1 amide bonds. The summed E-state index contributed by atoms with van der Waals surface area (Å²) in [5, 5.41) is 2.92. The molecular formula is C16H21F3N4O2. The maximum Gasteiger partial charge on any atom is 0.433 e. The average Bonchev–Trinajstić information content (AvgIpc) is 2.95. The molecular weight excluding hydrogens is 337 g/mol. The summed E-state index contributed by atoms with van der Waals surface area (Å²) >= 11 is 0. The fourth-order valence-electron chi connectivity index (χ4n) is 3.95. The van der Waals surface area contributed by atoms with Crippen LogP contribution in [0.2, 0.25) is 0 Å². The zero-order chi connectivity index (χ0) is 18.2. The lowest BCUT2D eigenvalue weighted by atomic mass is 9.77. The third kappa shape index (κ3) is 3.86. The van der Waals surface area contributed by atoms with Crippen molar-refractivity contribution in [2.75, 3.05) is 25.1 Å². The lowest BCUT2D eigenvalue weighted by Crippen LogP contribution is -2.49. The standard InChI is InChI=1S/C16H21F3N4O2/c1-9(24)22-12-3-10-6-23(7-11(10)4-13(12)25-2)15-5-14(16(17,18)19)20-8-21-15/h5,8,10-13H,3-4,6-7H2,1-2H3,(H,22,24)/t10-,11+,12-,13-/m1/s1. The SMILES string of the molecule is CO[C@@H]1C[C@H]2CN(c3cc(C(F)(F)F)ncn3)C[C@H]2C[C@H]1NC(C)=O. The van der Waals surface area contributed by atoms with Gasteiger partial charge in [0, 0.05) is 33.2 Å². The lowest BCUT2D eigenvalue weighted by molar-refractivity contribution is -0.141. The Kier molecular flexibility index (Phi) is 4.86. The Morgan fingerprint density at radius 3 is 2.56 bits per heavy atom. The van der Waals surface area contributed by atoms with E-state index in [1.165, 1.54) is 6.92 Å². The monoisotopic (exact) mass is 358 g/mol. The lowest BCUT2D eigenvalue weighted by Gasteiger charge is -2.37. The molecule has 2 aliphatic rings. The number of hydrogen-bond donors (Lipinski definition) is 1. The van der Waals surface area contributed by atoms with E-state index in [9.17, 15) is 18.0 Å². The molecule has 0 unspecified atom stereocenters. The van der Waals surface area contributed by atoms with E-state index < -0.39 is 11.9 Å². The highest BCUT2D eigenvalue weighted by Crippen LogP contribution is 2.39. The van der Waals surface area contributed by atoms with Crippen molar-refractivity contribution >= 4 is 11.7 Å². The van der Waals surface area contributed by atoms with Crippen molar-refractivity contribution in [1.82, 2.24) is 15.3 Å². The Morgan fingerprint density at radius 2 is 1.96 bits per heavy atom. The van der Waals surface area contributed by atoms with Crippen LogP contribution in [0.1, 0.15) is 25.5 Å². The van der Waals surface area contributed by atoms with Gasteiger partial charge >= 0.3 is 6.18 Å². The average molecular weight is 358 g/mol. The minimum Gasteiger partial charge on any atom is -0.379 e. The largest absolute Gasteiger partial charge is 0.433 e. The second-order valence-electron chi connectivity index (χ2n) is 6.74. The fraction of sp³-hybridized carbons (Fsp3) is 0.688. The highest BCUT2D eigenvalue weighted by Gasteiger charge is 2.43. The van der Waals surface area contributed by atoms with E-state index in [1.54, 1.807) is 7.11 Å². The summed E-state index contributed by atoms with van der Waals surface area (Å²) in [6, 6.07) is 0.927. The molecule has 0 bridgehead atoms. The van der Waals surface area contributed by atoms with Crippen molar-refractivity contribution in [3.63, 3.8) is 0 Å². The molecule has 4 atom stereocenters. The van der Waals surface area contributed by atoms with Crippen LogP contribution in [0.15, 0.2) is 12.4 Å². The Bertz CT molecular complexity index is 640. The van der Waals surface area contributed by atoms with Crippen LogP contribution < -0.4 is 10.2 Å². The summed E-state index contributed by atoms with van der Waals surface area (Å²) < 4.78 is 44.1. The predicted molar refractivity (Wildman–Crippen MR) is 83.9 cm³/mol. The summed E-state index contributed by atoms with van der Waals surface area (Å²) in [7, 11) is 1.62. The number of amides is 1. The topological polar surface area (TPSA) is 67.3 Å². The van der Waals surface area contributed by atoms with Crippen LogP contribution in [0, 0.1) is 11.8 Å². The van der Waals surface area contributed by atoms with Gasteiger partial charge in [0.15, 0.2) is 0 Å². The highest BCUT2D eigenvalue weighted by atomic mass is 19.4. The van der Waals surface area contributed by atoms with E-state index in [0.29, 0.717) is 24.8 Å². The van der Waals surface area contributed by atoms with Gasteiger partial charge in [0.2, 0.25) is 5.91 Å². The molecule has 2 fully saturated rings. The van der Waals surface area contributed by atoms with Gasteiger partial charge in [0.25, 0.3) is 0 Å². The summed E-state index contributed by atoms with van der Waals surface area (Å²) in [4.78, 5) is 20.6. The molecule has 1 saturated carbocycles. The first-order valence-corrected chi connectivity index (χ1v) is 8.22. The first kappa shape index (κ1) is 17.9. The van der Waals surface area contributed by atoms with Gasteiger partial charge in [-0.15, -0.1) is 0 Å². The van der Waals surface area contributed by atoms with E-state index in [4.69, 9.17) is 4.74 Å². The minimum absolute atomic E-state index is 0.0696. The maximum atomic E-state index is 12.9. The third-order valence-corrected chi connectivity index (χ3v) is 5.08. The molecule has 1 N–H and O–H groups in total. The number of halogens is 3. The highest BCUT2D eigenvalue weighted by molar-refractivity contribution is 5.73. The molecule has 138 valence electrons. The second-order valence-corrected chi connectivity index (χ2v) is 6.74. The number of ether oxygens (including phenoxy) is 1. The molecule has 0 spiro atoms. The number of anilines is 1. The van der Waals surface area contributed by atoms with E-state index >= 15 is 0 Å². The molecule has 3 rings (SSSR count). The Labute approximate surface area is 143 Å². The number of carbonyl (C=O) groups excluding carboxylic acids is 1. The first-order chi connectivity index (χ1) is 11.8. The van der Waals surface area contributed by atoms with Crippen LogP contribution in [0.3, 0.4) is 0 Å². The Hall–Kier alpha value is -1.90. The molecule has 6 nitrogen and oxygen atoms in total. The number of carbonyl (C=O) groups is 1. The van der Waals surface area contributed by atoms with Gasteiger partial charge in [-0.05, 0) is 24.7 Å². The Morgan fingerprint density at radius 1 is 1.28 bits per heavy atom. The van der Waals surface area contributed by atoms with Crippen molar-refractivity contribution < 1.29 is 22.7 Å². The molecule has 2 heterocycles. The van der Waals surface area contributed by atoms with Crippen LogP contribution in [-0.2, 0) is 15.7 Å². The van der Waals surface area contributed by atoms with Gasteiger partial charge in [0.1, 0.15) is 17.8 Å². The number of hydrogen-bond acceptors (Lipinski definition) is 5. The van der Waals surface area contributed by atoms with Gasteiger partial charge < -0.3 is 15.0 Å². The predicted octanol–water partition coefficient (Wildman–Crippen LogP) is 1.86. The molecule has 9 heteroatoms. The Balaban J connectivity index is 1.74. The quantitative estimate of drug-likeness (QED) is 0.893. The zero-order valence-corrected chi connectivity index (χ0v) is 14.1. The number of nitrogens with zero attached hydrogens (tertiary/aromatic N) is 3. The molecule has 1 saturated heterocycles. The molecule has 1 aliphatic heterocycles. The van der Waals surface area contributed by atoms with Crippen LogP contribution in [0.5, 0.6) is 0 Å². The second kappa shape index (κ2) is 6.78. The van der Waals surface area contributed by atoms with E-state index in [-0.39, 0.29) is 24.0 Å². The van der Waals surface area contributed by atoms with Gasteiger partial charge in [-0.1, -0.05) is 0 Å². The van der Waals surface area contributed by atoms with Crippen LogP contribution >= 0.6 is 0 Å². The van der Waals surface area contributed by atoms with E-state index in [0.717, 1.165) is 25.2 Å². The zero-order valence-electron chi connectivity index (χ0n) is 14.1.